The fourth-order valence-electron chi connectivity index (χ4n) is 2.30. The predicted octanol–water partition coefficient (Wildman–Crippen LogP) is 2.51. The van der Waals surface area contributed by atoms with Crippen molar-refractivity contribution in [1.82, 2.24) is 15.8 Å². The second kappa shape index (κ2) is 5.68. The predicted molar refractivity (Wildman–Crippen MR) is 86.0 cm³/mol. The molecule has 1 fully saturated rings. The van der Waals surface area contributed by atoms with E-state index >= 15 is 0 Å². The summed E-state index contributed by atoms with van der Waals surface area (Å²) in [4.78, 5) is 37.1. The molecule has 6 nitrogen and oxygen atoms in total. The first kappa shape index (κ1) is 15.5. The van der Waals surface area contributed by atoms with E-state index < -0.39 is 23.4 Å². The van der Waals surface area contributed by atoms with Crippen molar-refractivity contribution in [1.29, 1.82) is 0 Å². The number of thiophene rings is 1. The Morgan fingerprint density at radius 1 is 1.22 bits per heavy atom. The molecule has 0 spiro atoms. The number of benzene rings is 1. The van der Waals surface area contributed by atoms with E-state index in [0.717, 1.165) is 11.3 Å². The smallest absolute Gasteiger partial charge is 0.318 e. The first-order valence-corrected chi connectivity index (χ1v) is 7.90. The van der Waals surface area contributed by atoms with Crippen LogP contribution in [0.2, 0.25) is 4.34 Å². The minimum absolute atomic E-state index is 0.309. The number of urea groups is 1. The topological polar surface area (TPSA) is 78.5 Å². The summed E-state index contributed by atoms with van der Waals surface area (Å²) in [6, 6.07) is 11.2. The number of carbonyl (C=O) groups is 3. The molecule has 118 valence electrons. The fourth-order valence-corrected chi connectivity index (χ4v) is 3.23. The number of nitrogens with one attached hydrogen (secondary N) is 2. The molecular formula is C15H12ClN3O3S. The number of halogens is 1. The molecule has 3 rings (SSSR count). The van der Waals surface area contributed by atoms with Crippen LogP contribution in [0.3, 0.4) is 0 Å². The number of hydrogen-bond acceptors (Lipinski definition) is 4. The Morgan fingerprint density at radius 3 is 2.52 bits per heavy atom. The number of nitrogens with zero attached hydrogens (tertiary/aromatic N) is 1. The molecule has 1 unspecified atom stereocenters. The van der Waals surface area contributed by atoms with Gasteiger partial charge in [-0.05, 0) is 24.6 Å². The molecule has 23 heavy (non-hydrogen) atoms. The second-order valence-corrected chi connectivity index (χ2v) is 6.82. The van der Waals surface area contributed by atoms with Crippen LogP contribution < -0.4 is 10.7 Å². The molecule has 2 aromatic rings. The number of carbonyl (C=O) groups excluding carboxylic acids is 3. The highest BCUT2D eigenvalue weighted by Gasteiger charge is 2.50. The van der Waals surface area contributed by atoms with Crippen molar-refractivity contribution in [3.63, 3.8) is 0 Å². The van der Waals surface area contributed by atoms with Crippen LogP contribution in [0, 0.1) is 0 Å². The minimum Gasteiger partial charge on any atom is -0.318 e. The van der Waals surface area contributed by atoms with Gasteiger partial charge in [-0.15, -0.1) is 11.3 Å². The Bertz CT molecular complexity index is 792. The number of amides is 4. The zero-order valence-electron chi connectivity index (χ0n) is 12.0. The second-order valence-electron chi connectivity index (χ2n) is 5.11. The van der Waals surface area contributed by atoms with Gasteiger partial charge in [-0.3, -0.25) is 15.0 Å². The van der Waals surface area contributed by atoms with E-state index in [-0.39, 0.29) is 0 Å². The molecule has 1 atom stereocenters. The zero-order valence-corrected chi connectivity index (χ0v) is 13.6. The van der Waals surface area contributed by atoms with Crippen LogP contribution in [0.4, 0.5) is 4.79 Å². The van der Waals surface area contributed by atoms with Crippen LogP contribution in [0.15, 0.2) is 42.5 Å². The van der Waals surface area contributed by atoms with Gasteiger partial charge in [0.15, 0.2) is 0 Å². The Morgan fingerprint density at radius 2 is 1.91 bits per heavy atom. The summed E-state index contributed by atoms with van der Waals surface area (Å²) in [5.74, 6) is -1.12. The quantitative estimate of drug-likeness (QED) is 0.836. The summed E-state index contributed by atoms with van der Waals surface area (Å²) >= 11 is 6.84. The van der Waals surface area contributed by atoms with Crippen molar-refractivity contribution in [2.45, 2.75) is 12.5 Å². The van der Waals surface area contributed by atoms with Gasteiger partial charge in [0.25, 0.3) is 11.8 Å². The third-order valence-corrected chi connectivity index (χ3v) is 4.78. The molecule has 4 amide bonds. The Kier molecular flexibility index (Phi) is 3.83. The first-order chi connectivity index (χ1) is 10.9. The number of imide groups is 1. The molecule has 2 N–H and O–H groups in total. The molecule has 0 radical (unpaired) electrons. The molecule has 1 aliphatic rings. The van der Waals surface area contributed by atoms with Gasteiger partial charge in [0.2, 0.25) is 0 Å². The summed E-state index contributed by atoms with van der Waals surface area (Å²) in [7, 11) is 0. The Labute approximate surface area is 141 Å². The van der Waals surface area contributed by atoms with Gasteiger partial charge in [-0.2, -0.15) is 5.01 Å². The highest BCUT2D eigenvalue weighted by atomic mass is 35.5. The van der Waals surface area contributed by atoms with Gasteiger partial charge in [0.1, 0.15) is 5.54 Å². The Hall–Kier alpha value is -2.38. The maximum atomic E-state index is 12.6. The van der Waals surface area contributed by atoms with Gasteiger partial charge in [-0.1, -0.05) is 41.9 Å². The molecule has 2 heterocycles. The normalized spacial score (nSPS) is 20.5. The molecule has 1 aromatic carbocycles. The van der Waals surface area contributed by atoms with Crippen molar-refractivity contribution >= 4 is 40.8 Å². The van der Waals surface area contributed by atoms with Crippen LogP contribution in [0.1, 0.15) is 22.2 Å². The number of hydrogen-bond donors (Lipinski definition) is 2. The summed E-state index contributed by atoms with van der Waals surface area (Å²) in [6.07, 6.45) is 0. The van der Waals surface area contributed by atoms with Crippen molar-refractivity contribution in [3.05, 3.63) is 57.2 Å². The van der Waals surface area contributed by atoms with Crippen molar-refractivity contribution in [2.24, 2.45) is 0 Å². The van der Waals surface area contributed by atoms with E-state index in [0.29, 0.717) is 19.8 Å². The molecule has 0 saturated carbocycles. The molecule has 1 saturated heterocycles. The van der Waals surface area contributed by atoms with Crippen LogP contribution in [0.5, 0.6) is 0 Å². The third-order valence-electron chi connectivity index (χ3n) is 3.55. The van der Waals surface area contributed by atoms with Crippen LogP contribution in [-0.2, 0) is 10.3 Å². The first-order valence-electron chi connectivity index (χ1n) is 6.70. The van der Waals surface area contributed by atoms with E-state index in [1.807, 2.05) is 6.07 Å². The lowest BCUT2D eigenvalue weighted by Crippen LogP contribution is -2.47. The maximum Gasteiger partial charge on any atom is 0.344 e. The van der Waals surface area contributed by atoms with Crippen molar-refractivity contribution in [2.75, 3.05) is 0 Å². The van der Waals surface area contributed by atoms with Crippen molar-refractivity contribution < 1.29 is 14.4 Å². The summed E-state index contributed by atoms with van der Waals surface area (Å²) in [5, 5.41) is 3.31. The highest BCUT2D eigenvalue weighted by Crippen LogP contribution is 2.28. The van der Waals surface area contributed by atoms with Crippen LogP contribution in [-0.4, -0.2) is 22.9 Å². The van der Waals surface area contributed by atoms with E-state index in [2.05, 4.69) is 10.7 Å². The molecule has 1 aliphatic heterocycles. The van der Waals surface area contributed by atoms with Gasteiger partial charge in [0.05, 0.1) is 9.21 Å². The summed E-state index contributed by atoms with van der Waals surface area (Å²) in [5.41, 5.74) is 1.73. The maximum absolute atomic E-state index is 12.6. The van der Waals surface area contributed by atoms with E-state index in [9.17, 15) is 14.4 Å². The largest absolute Gasteiger partial charge is 0.344 e. The lowest BCUT2D eigenvalue weighted by atomic mass is 9.92. The van der Waals surface area contributed by atoms with Gasteiger partial charge >= 0.3 is 6.03 Å². The standard InChI is InChI=1S/C15H12ClN3O3S/c1-15(9-5-3-2-4-6-9)13(21)19(14(22)17-15)18-12(20)10-7-8-11(16)23-10/h2-8H,1H3,(H,17,22)(H,18,20). The Balaban J connectivity index is 1.83. The summed E-state index contributed by atoms with van der Waals surface area (Å²) < 4.78 is 0.446. The lowest BCUT2D eigenvalue weighted by Gasteiger charge is -2.21. The average Bonchev–Trinajstić information content (AvgIpc) is 3.06. The highest BCUT2D eigenvalue weighted by molar-refractivity contribution is 7.18. The zero-order chi connectivity index (χ0) is 16.6. The van der Waals surface area contributed by atoms with Crippen LogP contribution in [0.25, 0.3) is 0 Å². The molecule has 8 heteroatoms. The molecular weight excluding hydrogens is 338 g/mol. The third kappa shape index (κ3) is 2.69. The van der Waals surface area contributed by atoms with Gasteiger partial charge < -0.3 is 5.32 Å². The SMILES string of the molecule is CC1(c2ccccc2)NC(=O)N(NC(=O)c2ccc(Cl)s2)C1=O. The molecule has 0 bridgehead atoms. The molecule has 1 aromatic heterocycles. The van der Waals surface area contributed by atoms with Crippen LogP contribution >= 0.6 is 22.9 Å². The van der Waals surface area contributed by atoms with Crippen molar-refractivity contribution in [3.8, 4) is 0 Å². The number of rotatable bonds is 3. The van der Waals surface area contributed by atoms with E-state index in [1.54, 1.807) is 37.3 Å². The minimum atomic E-state index is -1.22. The average molecular weight is 350 g/mol. The monoisotopic (exact) mass is 349 g/mol. The van der Waals surface area contributed by atoms with E-state index in [1.165, 1.54) is 6.07 Å². The fraction of sp³-hybridized carbons (Fsp3) is 0.133. The number of hydrazine groups is 1. The van der Waals surface area contributed by atoms with Gasteiger partial charge in [0, 0.05) is 0 Å². The van der Waals surface area contributed by atoms with E-state index in [4.69, 9.17) is 11.6 Å². The summed E-state index contributed by atoms with van der Waals surface area (Å²) in [6.45, 7) is 1.59. The lowest BCUT2D eigenvalue weighted by molar-refractivity contribution is -0.132. The molecule has 0 aliphatic carbocycles. The van der Waals surface area contributed by atoms with Gasteiger partial charge in [-0.25, -0.2) is 4.79 Å².